The van der Waals surface area contributed by atoms with Crippen LogP contribution in [0.2, 0.25) is 10.0 Å². The molecule has 0 amide bonds. The van der Waals surface area contributed by atoms with Gasteiger partial charge >= 0.3 is 0 Å². The minimum absolute atomic E-state index is 0. The van der Waals surface area contributed by atoms with E-state index in [4.69, 9.17) is 27.9 Å². The van der Waals surface area contributed by atoms with Crippen molar-refractivity contribution < 1.29 is 4.74 Å². The molecule has 0 unspecified atom stereocenters. The molecule has 0 radical (unpaired) electrons. The smallest absolute Gasteiger partial charge is 0.191 e. The van der Waals surface area contributed by atoms with Crippen molar-refractivity contribution in [3.8, 4) is 5.75 Å². The molecular weight excluding hydrogens is 474 g/mol. The van der Waals surface area contributed by atoms with Gasteiger partial charge in [0.1, 0.15) is 17.4 Å². The van der Waals surface area contributed by atoms with E-state index in [1.165, 1.54) is 0 Å². The molecule has 0 atom stereocenters. The third-order valence-corrected chi connectivity index (χ3v) is 3.99. The molecule has 1 aromatic carbocycles. The van der Waals surface area contributed by atoms with Crippen LogP contribution in [0.15, 0.2) is 47.6 Å². The predicted octanol–water partition coefficient (Wildman–Crippen LogP) is 3.79. The Balaban J connectivity index is 0.00000312. The van der Waals surface area contributed by atoms with Gasteiger partial charge in [-0.05, 0) is 24.3 Å². The highest BCUT2D eigenvalue weighted by Crippen LogP contribution is 2.31. The van der Waals surface area contributed by atoms with Crippen LogP contribution in [0.3, 0.4) is 0 Å². The van der Waals surface area contributed by atoms with E-state index in [1.807, 2.05) is 18.2 Å². The summed E-state index contributed by atoms with van der Waals surface area (Å²) in [6.45, 7) is 1.78. The Hall–Kier alpha value is -1.25. The van der Waals surface area contributed by atoms with Crippen LogP contribution in [0.5, 0.6) is 5.75 Å². The number of hydrogen-bond acceptors (Lipinski definition) is 3. The van der Waals surface area contributed by atoms with Gasteiger partial charge < -0.3 is 15.4 Å². The van der Waals surface area contributed by atoms with E-state index < -0.39 is 0 Å². The summed E-state index contributed by atoms with van der Waals surface area (Å²) in [5, 5.41) is 7.32. The zero-order valence-electron chi connectivity index (χ0n) is 13.8. The largest absolute Gasteiger partial charge is 0.490 e. The van der Waals surface area contributed by atoms with Crippen LogP contribution >= 0.6 is 47.2 Å². The quantitative estimate of drug-likeness (QED) is 0.266. The van der Waals surface area contributed by atoms with E-state index in [2.05, 4.69) is 20.6 Å². The number of hydrogen-bond donors (Lipinski definition) is 2. The second-order valence-electron chi connectivity index (χ2n) is 4.90. The van der Waals surface area contributed by atoms with E-state index >= 15 is 0 Å². The number of aliphatic imine (C=N–C) groups is 1. The van der Waals surface area contributed by atoms with E-state index in [9.17, 15) is 0 Å². The second-order valence-corrected chi connectivity index (χ2v) is 5.68. The summed E-state index contributed by atoms with van der Waals surface area (Å²) in [5.41, 5.74) is 1.04. The molecule has 136 valence electrons. The fraction of sp³-hybridized carbons (Fsp3) is 0.294. The van der Waals surface area contributed by atoms with E-state index in [0.29, 0.717) is 34.9 Å². The Morgan fingerprint density at radius 2 is 1.92 bits per heavy atom. The molecule has 0 bridgehead atoms. The van der Waals surface area contributed by atoms with Gasteiger partial charge in [0.2, 0.25) is 0 Å². The molecule has 0 fully saturated rings. The van der Waals surface area contributed by atoms with E-state index in [0.717, 1.165) is 18.7 Å². The van der Waals surface area contributed by atoms with E-state index in [-0.39, 0.29) is 24.0 Å². The Bertz CT molecular complexity index is 671. The summed E-state index contributed by atoms with van der Waals surface area (Å²) in [4.78, 5) is 8.45. The van der Waals surface area contributed by atoms with Gasteiger partial charge in [0.05, 0.1) is 11.6 Å². The highest BCUT2D eigenvalue weighted by molar-refractivity contribution is 14.0. The summed E-state index contributed by atoms with van der Waals surface area (Å²) in [6.07, 6.45) is 2.62. The third kappa shape index (κ3) is 7.66. The minimum Gasteiger partial charge on any atom is -0.490 e. The number of benzene rings is 1. The van der Waals surface area contributed by atoms with Crippen LogP contribution in [-0.4, -0.2) is 37.7 Å². The highest BCUT2D eigenvalue weighted by Gasteiger charge is 2.05. The third-order valence-electron chi connectivity index (χ3n) is 3.19. The van der Waals surface area contributed by atoms with Crippen LogP contribution in [-0.2, 0) is 6.42 Å². The van der Waals surface area contributed by atoms with Crippen molar-refractivity contribution in [3.05, 3.63) is 58.3 Å². The first kappa shape index (κ1) is 21.8. The summed E-state index contributed by atoms with van der Waals surface area (Å²) in [5.74, 6) is 1.29. The van der Waals surface area contributed by atoms with Crippen molar-refractivity contribution >= 4 is 53.1 Å². The van der Waals surface area contributed by atoms with Crippen molar-refractivity contribution in [3.63, 3.8) is 0 Å². The molecule has 1 aromatic heterocycles. The predicted molar refractivity (Wildman–Crippen MR) is 115 cm³/mol. The summed E-state index contributed by atoms with van der Waals surface area (Å²) < 4.78 is 5.61. The molecule has 5 nitrogen and oxygen atoms in total. The number of ether oxygens (including phenoxy) is 1. The second kappa shape index (κ2) is 12.2. The molecule has 2 N–H and O–H groups in total. The lowest BCUT2D eigenvalue weighted by Crippen LogP contribution is -2.40. The highest BCUT2D eigenvalue weighted by atomic mass is 127. The van der Waals surface area contributed by atoms with Gasteiger partial charge in [0.15, 0.2) is 5.96 Å². The number of halogens is 3. The van der Waals surface area contributed by atoms with E-state index in [1.54, 1.807) is 31.4 Å². The zero-order valence-corrected chi connectivity index (χ0v) is 17.7. The van der Waals surface area contributed by atoms with Crippen molar-refractivity contribution in [1.82, 2.24) is 15.6 Å². The molecule has 25 heavy (non-hydrogen) atoms. The monoisotopic (exact) mass is 494 g/mol. The summed E-state index contributed by atoms with van der Waals surface area (Å²) in [6, 6.07) is 11.2. The first-order valence-corrected chi connectivity index (χ1v) is 8.37. The van der Waals surface area contributed by atoms with Gasteiger partial charge in [0, 0.05) is 31.9 Å². The summed E-state index contributed by atoms with van der Waals surface area (Å²) in [7, 11) is 1.73. The number of guanidine groups is 1. The van der Waals surface area contributed by atoms with Crippen molar-refractivity contribution in [1.29, 1.82) is 0 Å². The molecule has 0 aliphatic rings. The normalized spacial score (nSPS) is 10.8. The number of pyridine rings is 1. The lowest BCUT2D eigenvalue weighted by Gasteiger charge is -2.13. The Morgan fingerprint density at radius 1 is 1.12 bits per heavy atom. The Morgan fingerprint density at radius 3 is 2.64 bits per heavy atom. The topological polar surface area (TPSA) is 58.5 Å². The number of aromatic nitrogens is 1. The molecule has 2 rings (SSSR count). The van der Waals surface area contributed by atoms with Crippen molar-refractivity contribution in [2.45, 2.75) is 6.42 Å². The van der Waals surface area contributed by atoms with Gasteiger partial charge in [-0.15, -0.1) is 24.0 Å². The van der Waals surface area contributed by atoms with Gasteiger partial charge in [-0.1, -0.05) is 35.3 Å². The molecular formula is C17H21Cl2IN4O. The van der Waals surface area contributed by atoms with Gasteiger partial charge in [-0.2, -0.15) is 0 Å². The maximum Gasteiger partial charge on any atom is 0.191 e. The summed E-state index contributed by atoms with van der Waals surface area (Å²) >= 11 is 12.0. The van der Waals surface area contributed by atoms with Gasteiger partial charge in [-0.25, -0.2) is 0 Å². The van der Waals surface area contributed by atoms with Crippen LogP contribution in [0, 0.1) is 0 Å². The van der Waals surface area contributed by atoms with Crippen LogP contribution in [0.4, 0.5) is 0 Å². The molecule has 0 aliphatic carbocycles. The van der Waals surface area contributed by atoms with Crippen LogP contribution in [0.1, 0.15) is 5.69 Å². The van der Waals surface area contributed by atoms with Crippen molar-refractivity contribution in [2.75, 3.05) is 26.7 Å². The SMILES string of the molecule is CN=C(NCCOc1cccc(Cl)c1Cl)NCCc1ccccn1.I. The molecule has 0 saturated heterocycles. The maximum absolute atomic E-state index is 6.07. The first-order chi connectivity index (χ1) is 11.7. The molecule has 1 heterocycles. The fourth-order valence-electron chi connectivity index (χ4n) is 2.00. The molecule has 8 heteroatoms. The Kier molecular flexibility index (Phi) is 10.6. The van der Waals surface area contributed by atoms with Crippen molar-refractivity contribution in [2.24, 2.45) is 4.99 Å². The minimum atomic E-state index is 0. The van der Waals surface area contributed by atoms with Gasteiger partial charge in [0.25, 0.3) is 0 Å². The average molecular weight is 495 g/mol. The number of nitrogens with one attached hydrogen (secondary N) is 2. The first-order valence-electron chi connectivity index (χ1n) is 7.62. The average Bonchev–Trinajstić information content (AvgIpc) is 2.61. The maximum atomic E-state index is 6.07. The Labute approximate surface area is 175 Å². The van der Waals surface area contributed by atoms with Gasteiger partial charge in [-0.3, -0.25) is 9.98 Å². The van der Waals surface area contributed by atoms with Crippen LogP contribution in [0.25, 0.3) is 0 Å². The lowest BCUT2D eigenvalue weighted by molar-refractivity contribution is 0.322. The molecule has 0 saturated carbocycles. The zero-order chi connectivity index (χ0) is 17.2. The molecule has 0 spiro atoms. The molecule has 0 aliphatic heterocycles. The van der Waals surface area contributed by atoms with Crippen LogP contribution < -0.4 is 15.4 Å². The lowest BCUT2D eigenvalue weighted by atomic mass is 10.3. The standard InChI is InChI=1S/C17H20Cl2N4O.HI/c1-20-17(22-10-8-13-5-2-3-9-21-13)23-11-12-24-15-7-4-6-14(18)16(15)19;/h2-7,9H,8,10-12H2,1H3,(H2,20,22,23);1H. The number of rotatable bonds is 7. The molecule has 2 aromatic rings. The number of nitrogens with zero attached hydrogens (tertiary/aromatic N) is 2. The fourth-order valence-corrected chi connectivity index (χ4v) is 2.35.